The summed E-state index contributed by atoms with van der Waals surface area (Å²) in [5.74, 6) is 1.08. The number of nitrogens with zero attached hydrogens (tertiary/aromatic N) is 4. The molecule has 0 radical (unpaired) electrons. The largest absolute Gasteiger partial charge is 0.409 e. The van der Waals surface area contributed by atoms with E-state index in [-0.39, 0.29) is 5.84 Å². The molecule has 0 saturated heterocycles. The molecule has 2 aromatic rings. The van der Waals surface area contributed by atoms with Gasteiger partial charge in [0.25, 0.3) is 0 Å². The van der Waals surface area contributed by atoms with Crippen LogP contribution in [0.4, 0.5) is 0 Å². The third-order valence-electron chi connectivity index (χ3n) is 2.40. The number of rotatable bonds is 5. The zero-order chi connectivity index (χ0) is 13.7. The van der Waals surface area contributed by atoms with Crippen molar-refractivity contribution in [3.8, 4) is 0 Å². The average molecular weight is 262 g/mol. The number of aryl methyl sites for hydroxylation is 1. The molecule has 0 unspecified atom stereocenters. The third kappa shape index (κ3) is 3.26. The quantitative estimate of drug-likeness (QED) is 0.303. The van der Waals surface area contributed by atoms with E-state index in [4.69, 9.17) is 15.5 Å². The standard InChI is InChI=1S/C11H14N6O2/c1-7-15-9(19-17-7)6-13-5-8-3-2-4-14-10(8)11(12)16-18/h2-4,13,18H,5-6H2,1H3,(H2,12,16). The van der Waals surface area contributed by atoms with Crippen molar-refractivity contribution in [1.82, 2.24) is 20.4 Å². The first kappa shape index (κ1) is 13.0. The minimum atomic E-state index is -0.0222. The molecule has 0 aliphatic carbocycles. The summed E-state index contributed by atoms with van der Waals surface area (Å²) < 4.78 is 4.97. The van der Waals surface area contributed by atoms with Crippen molar-refractivity contribution in [3.63, 3.8) is 0 Å². The number of nitrogens with two attached hydrogens (primary N) is 1. The van der Waals surface area contributed by atoms with Crippen LogP contribution in [0.3, 0.4) is 0 Å². The van der Waals surface area contributed by atoms with Crippen molar-refractivity contribution >= 4 is 5.84 Å². The first-order chi connectivity index (χ1) is 9.20. The Morgan fingerprint density at radius 1 is 1.53 bits per heavy atom. The number of oxime groups is 1. The maximum Gasteiger partial charge on any atom is 0.240 e. The first-order valence-electron chi connectivity index (χ1n) is 5.62. The monoisotopic (exact) mass is 262 g/mol. The lowest BCUT2D eigenvalue weighted by atomic mass is 10.2. The Morgan fingerprint density at radius 2 is 2.37 bits per heavy atom. The summed E-state index contributed by atoms with van der Waals surface area (Å²) in [7, 11) is 0. The molecule has 0 fully saturated rings. The van der Waals surface area contributed by atoms with Crippen molar-refractivity contribution in [2.75, 3.05) is 0 Å². The fourth-order valence-corrected chi connectivity index (χ4v) is 1.58. The number of hydrogen-bond donors (Lipinski definition) is 3. The van der Waals surface area contributed by atoms with Crippen LogP contribution in [-0.4, -0.2) is 26.2 Å². The Morgan fingerprint density at radius 3 is 3.05 bits per heavy atom. The Bertz CT molecular complexity index is 580. The summed E-state index contributed by atoms with van der Waals surface area (Å²) in [6, 6.07) is 3.62. The second kappa shape index (κ2) is 5.91. The van der Waals surface area contributed by atoms with Gasteiger partial charge in [-0.25, -0.2) is 0 Å². The minimum Gasteiger partial charge on any atom is -0.409 e. The van der Waals surface area contributed by atoms with Crippen molar-refractivity contribution in [2.45, 2.75) is 20.0 Å². The van der Waals surface area contributed by atoms with E-state index in [9.17, 15) is 0 Å². The molecule has 2 rings (SSSR count). The van der Waals surface area contributed by atoms with E-state index >= 15 is 0 Å². The van der Waals surface area contributed by atoms with Crippen LogP contribution in [0.1, 0.15) is 23.0 Å². The lowest BCUT2D eigenvalue weighted by Gasteiger charge is -2.07. The highest BCUT2D eigenvalue weighted by molar-refractivity contribution is 5.96. The molecular formula is C11H14N6O2. The van der Waals surface area contributed by atoms with Crippen LogP contribution in [0, 0.1) is 6.92 Å². The number of hydrogen-bond acceptors (Lipinski definition) is 7. The molecule has 0 spiro atoms. The topological polar surface area (TPSA) is 122 Å². The van der Waals surface area contributed by atoms with Gasteiger partial charge in [0.2, 0.25) is 5.89 Å². The molecule has 0 atom stereocenters. The molecule has 8 heteroatoms. The first-order valence-corrected chi connectivity index (χ1v) is 5.62. The summed E-state index contributed by atoms with van der Waals surface area (Å²) in [4.78, 5) is 8.14. The predicted molar refractivity (Wildman–Crippen MR) is 66.3 cm³/mol. The lowest BCUT2D eigenvalue weighted by molar-refractivity contribution is 0.318. The van der Waals surface area contributed by atoms with Crippen molar-refractivity contribution < 1.29 is 9.73 Å². The smallest absolute Gasteiger partial charge is 0.240 e. The zero-order valence-corrected chi connectivity index (χ0v) is 10.4. The molecule has 0 aliphatic rings. The molecule has 100 valence electrons. The van der Waals surface area contributed by atoms with Crippen molar-refractivity contribution in [2.24, 2.45) is 10.9 Å². The highest BCUT2D eigenvalue weighted by atomic mass is 16.5. The zero-order valence-electron chi connectivity index (χ0n) is 10.4. The van der Waals surface area contributed by atoms with E-state index in [0.29, 0.717) is 30.5 Å². The fraction of sp³-hybridized carbons (Fsp3) is 0.273. The van der Waals surface area contributed by atoms with Gasteiger partial charge < -0.3 is 20.8 Å². The number of nitrogens with one attached hydrogen (secondary N) is 1. The normalized spacial score (nSPS) is 11.7. The molecule has 2 aromatic heterocycles. The summed E-state index contributed by atoms with van der Waals surface area (Å²) in [5.41, 5.74) is 6.81. The number of amidine groups is 1. The van der Waals surface area contributed by atoms with Gasteiger partial charge in [-0.3, -0.25) is 4.98 Å². The van der Waals surface area contributed by atoms with Gasteiger partial charge in [-0.1, -0.05) is 16.4 Å². The average Bonchev–Trinajstić information content (AvgIpc) is 2.84. The van der Waals surface area contributed by atoms with Gasteiger partial charge in [-0.05, 0) is 18.6 Å². The molecule has 0 aromatic carbocycles. The molecular weight excluding hydrogens is 248 g/mol. The Labute approximate surface area is 109 Å². The van der Waals surface area contributed by atoms with Crippen LogP contribution in [0.5, 0.6) is 0 Å². The Balaban J connectivity index is 2.00. The second-order valence-electron chi connectivity index (χ2n) is 3.84. The summed E-state index contributed by atoms with van der Waals surface area (Å²) in [5, 5.41) is 18.5. The van der Waals surface area contributed by atoms with Gasteiger partial charge in [0.15, 0.2) is 11.7 Å². The van der Waals surface area contributed by atoms with Crippen LogP contribution >= 0.6 is 0 Å². The van der Waals surface area contributed by atoms with Crippen molar-refractivity contribution in [3.05, 3.63) is 41.3 Å². The number of pyridine rings is 1. The van der Waals surface area contributed by atoms with Gasteiger partial charge in [0, 0.05) is 12.7 Å². The molecule has 0 aliphatic heterocycles. The van der Waals surface area contributed by atoms with Crippen molar-refractivity contribution in [1.29, 1.82) is 0 Å². The summed E-state index contributed by atoms with van der Waals surface area (Å²) >= 11 is 0. The second-order valence-corrected chi connectivity index (χ2v) is 3.84. The maximum absolute atomic E-state index is 8.69. The van der Waals surface area contributed by atoms with Gasteiger partial charge in [-0.15, -0.1) is 0 Å². The maximum atomic E-state index is 8.69. The number of aromatic nitrogens is 3. The molecule has 19 heavy (non-hydrogen) atoms. The summed E-state index contributed by atoms with van der Waals surface area (Å²) in [6.07, 6.45) is 1.58. The molecule has 8 nitrogen and oxygen atoms in total. The van der Waals surface area contributed by atoms with Gasteiger partial charge >= 0.3 is 0 Å². The van der Waals surface area contributed by atoms with E-state index in [1.165, 1.54) is 0 Å². The van der Waals surface area contributed by atoms with Crippen LogP contribution in [0.2, 0.25) is 0 Å². The van der Waals surface area contributed by atoms with E-state index in [0.717, 1.165) is 5.56 Å². The minimum absolute atomic E-state index is 0.0222. The van der Waals surface area contributed by atoms with Gasteiger partial charge in [0.05, 0.1) is 6.54 Å². The van der Waals surface area contributed by atoms with Gasteiger partial charge in [-0.2, -0.15) is 4.98 Å². The third-order valence-corrected chi connectivity index (χ3v) is 2.40. The molecule has 0 saturated carbocycles. The Kier molecular flexibility index (Phi) is 4.04. The van der Waals surface area contributed by atoms with Crippen LogP contribution in [-0.2, 0) is 13.1 Å². The molecule has 4 N–H and O–H groups in total. The van der Waals surface area contributed by atoms with Crippen LogP contribution in [0.25, 0.3) is 0 Å². The molecule has 2 heterocycles. The molecule has 0 amide bonds. The van der Waals surface area contributed by atoms with E-state index < -0.39 is 0 Å². The molecule has 0 bridgehead atoms. The van der Waals surface area contributed by atoms with Crippen LogP contribution in [0.15, 0.2) is 28.0 Å². The fourth-order valence-electron chi connectivity index (χ4n) is 1.58. The van der Waals surface area contributed by atoms with E-state index in [1.807, 2.05) is 6.07 Å². The SMILES string of the molecule is Cc1noc(CNCc2cccnc2C(N)=NO)n1. The summed E-state index contributed by atoms with van der Waals surface area (Å²) in [6.45, 7) is 2.68. The highest BCUT2D eigenvalue weighted by Crippen LogP contribution is 2.05. The predicted octanol–water partition coefficient (Wildman–Crippen LogP) is 0.157. The highest BCUT2D eigenvalue weighted by Gasteiger charge is 2.08. The van der Waals surface area contributed by atoms with Gasteiger partial charge in [0.1, 0.15) is 5.69 Å². The van der Waals surface area contributed by atoms with Crippen LogP contribution < -0.4 is 11.1 Å². The lowest BCUT2D eigenvalue weighted by Crippen LogP contribution is -2.21. The Hall–Kier alpha value is -2.48. The van der Waals surface area contributed by atoms with E-state index in [2.05, 4.69) is 25.6 Å². The van der Waals surface area contributed by atoms with E-state index in [1.54, 1.807) is 19.2 Å².